The molecular weight excluding hydrogens is 515 g/mol. The van der Waals surface area contributed by atoms with Gasteiger partial charge >= 0.3 is 0 Å². The number of halogens is 1. The van der Waals surface area contributed by atoms with Crippen molar-refractivity contribution in [2.75, 3.05) is 31.7 Å². The number of carbonyl (C=O) groups excluding carboxylic acids is 1. The first-order valence-electron chi connectivity index (χ1n) is 13.0. The summed E-state index contributed by atoms with van der Waals surface area (Å²) in [6.45, 7) is 3.95. The van der Waals surface area contributed by atoms with Crippen LogP contribution in [0.3, 0.4) is 0 Å². The number of H-pyrrole nitrogens is 1. The quantitative estimate of drug-likeness (QED) is 0.248. The molecule has 2 aromatic heterocycles. The lowest BCUT2D eigenvalue weighted by Crippen LogP contribution is -2.49. The highest BCUT2D eigenvalue weighted by molar-refractivity contribution is 5.82. The normalized spacial score (nSPS) is 19.6. The monoisotopic (exact) mass is 546 g/mol. The fraction of sp³-hybridized carbons (Fsp3) is 0.310. The van der Waals surface area contributed by atoms with E-state index in [0.717, 1.165) is 5.56 Å². The van der Waals surface area contributed by atoms with Gasteiger partial charge in [0.25, 0.3) is 0 Å². The molecule has 11 heteroatoms. The lowest BCUT2D eigenvalue weighted by atomic mass is 9.91. The van der Waals surface area contributed by atoms with E-state index in [1.54, 1.807) is 31.3 Å². The molecule has 0 radical (unpaired) electrons. The summed E-state index contributed by atoms with van der Waals surface area (Å²) in [7, 11) is 0. The summed E-state index contributed by atoms with van der Waals surface area (Å²) in [6, 6.07) is 17.7. The molecule has 1 saturated heterocycles. The van der Waals surface area contributed by atoms with Crippen molar-refractivity contribution >= 4 is 11.9 Å². The van der Waals surface area contributed by atoms with Crippen LogP contribution in [0.2, 0.25) is 0 Å². The van der Waals surface area contributed by atoms with Gasteiger partial charge in [-0.2, -0.15) is 0 Å². The van der Waals surface area contributed by atoms with Crippen molar-refractivity contribution in [3.8, 4) is 22.6 Å². The highest BCUT2D eigenvalue weighted by Gasteiger charge is 2.40. The number of benzene rings is 2. The van der Waals surface area contributed by atoms with Gasteiger partial charge in [0.1, 0.15) is 5.82 Å². The van der Waals surface area contributed by atoms with Crippen LogP contribution in [-0.4, -0.2) is 57.3 Å². The topological polar surface area (TPSA) is 134 Å². The second-order valence-electron chi connectivity index (χ2n) is 9.89. The summed E-state index contributed by atoms with van der Waals surface area (Å²) in [6.07, 6.45) is 0.797. The zero-order valence-electron chi connectivity index (χ0n) is 22.2. The molecule has 2 aromatic carbocycles. The molecule has 0 aliphatic carbocycles. The highest BCUT2D eigenvalue weighted by atomic mass is 19.1. The van der Waals surface area contributed by atoms with Gasteiger partial charge in [-0.3, -0.25) is 4.79 Å². The van der Waals surface area contributed by atoms with E-state index in [1.807, 2.05) is 37.3 Å². The van der Waals surface area contributed by atoms with Crippen LogP contribution in [0.5, 0.6) is 0 Å². The molecule has 10 nitrogen and oxygen atoms in total. The van der Waals surface area contributed by atoms with Gasteiger partial charge < -0.3 is 30.2 Å². The van der Waals surface area contributed by atoms with Crippen LogP contribution in [0.4, 0.5) is 10.3 Å². The second kappa shape index (κ2) is 11.9. The van der Waals surface area contributed by atoms with Crippen LogP contribution in [0.25, 0.3) is 22.6 Å². The van der Waals surface area contributed by atoms with Crippen molar-refractivity contribution in [1.29, 1.82) is 0 Å². The molecule has 4 N–H and O–H groups in total. The number of hydrogen-bond acceptors (Lipinski definition) is 8. The predicted octanol–water partition coefficient (Wildman–Crippen LogP) is 4.01. The number of carbonyl (C=O) groups is 1. The lowest BCUT2D eigenvalue weighted by molar-refractivity contribution is -0.231. The van der Waals surface area contributed by atoms with E-state index in [4.69, 9.17) is 24.5 Å². The van der Waals surface area contributed by atoms with Crippen LogP contribution >= 0.6 is 0 Å². The number of amides is 1. The van der Waals surface area contributed by atoms with E-state index in [1.165, 1.54) is 12.1 Å². The van der Waals surface area contributed by atoms with Crippen LogP contribution in [0.15, 0.2) is 66.9 Å². The molecule has 1 fully saturated rings. The summed E-state index contributed by atoms with van der Waals surface area (Å²) < 4.78 is 25.5. The molecule has 1 aliphatic heterocycles. The lowest BCUT2D eigenvalue weighted by Gasteiger charge is -2.35. The number of aliphatic hydroxyl groups excluding tert-OH is 1. The van der Waals surface area contributed by atoms with Gasteiger partial charge in [0.2, 0.25) is 18.1 Å². The standard InChI is InChI=1S/C29H31FN6O4/c1-18(19-6-4-3-5-7-19)33-28-32-13-12-22(34-28)24-23(20-8-10-21(30)11-9-20)35-25(36-24)26-39-16-29(2,17-40-26)27(38)31-14-15-37/h3-13,18,26,37H,14-17H2,1-2H3,(H,31,38)(H,35,36)(H,32,33,34). The number of aliphatic hydroxyl groups is 1. The molecule has 0 spiro atoms. The number of aromatic nitrogens is 4. The third kappa shape index (κ3) is 6.01. The van der Waals surface area contributed by atoms with Crippen LogP contribution in [0, 0.1) is 11.2 Å². The number of nitrogens with zero attached hydrogens (tertiary/aromatic N) is 3. The van der Waals surface area contributed by atoms with Crippen molar-refractivity contribution in [2.45, 2.75) is 26.2 Å². The van der Waals surface area contributed by atoms with Crippen LogP contribution in [-0.2, 0) is 14.3 Å². The Labute approximate surface area is 231 Å². The third-order valence-electron chi connectivity index (χ3n) is 6.67. The Kier molecular flexibility index (Phi) is 8.15. The molecule has 0 bridgehead atoms. The third-order valence-corrected chi connectivity index (χ3v) is 6.67. The number of rotatable bonds is 9. The van der Waals surface area contributed by atoms with Gasteiger partial charge in [0.05, 0.1) is 48.4 Å². The first kappa shape index (κ1) is 27.4. The summed E-state index contributed by atoms with van der Waals surface area (Å²) in [5, 5.41) is 15.0. The Morgan fingerprint density at radius 2 is 1.85 bits per heavy atom. The van der Waals surface area contributed by atoms with E-state index in [9.17, 15) is 9.18 Å². The van der Waals surface area contributed by atoms with Gasteiger partial charge in [-0.15, -0.1) is 0 Å². The van der Waals surface area contributed by atoms with Gasteiger partial charge in [0.15, 0.2) is 5.82 Å². The predicted molar refractivity (Wildman–Crippen MR) is 146 cm³/mol. The van der Waals surface area contributed by atoms with Crippen molar-refractivity contribution in [3.63, 3.8) is 0 Å². The zero-order valence-corrected chi connectivity index (χ0v) is 22.2. The molecular formula is C29H31FN6O4. The van der Waals surface area contributed by atoms with Gasteiger partial charge in [-0.05, 0) is 49.7 Å². The van der Waals surface area contributed by atoms with E-state index in [-0.39, 0.29) is 44.1 Å². The smallest absolute Gasteiger partial charge is 0.230 e. The first-order chi connectivity index (χ1) is 19.4. The number of aromatic amines is 1. The maximum absolute atomic E-state index is 13.7. The summed E-state index contributed by atoms with van der Waals surface area (Å²) >= 11 is 0. The number of anilines is 1. The SMILES string of the molecule is CC(Nc1nccc(-c2[nH]c(C3OCC(C)(C(=O)NCCO)CO3)nc2-c2ccc(F)cc2)n1)c1ccccc1. The molecule has 4 aromatic rings. The molecule has 40 heavy (non-hydrogen) atoms. The highest BCUT2D eigenvalue weighted by Crippen LogP contribution is 2.35. The maximum atomic E-state index is 13.7. The summed E-state index contributed by atoms with van der Waals surface area (Å²) in [5.41, 5.74) is 2.55. The largest absolute Gasteiger partial charge is 0.395 e. The minimum atomic E-state index is -0.913. The van der Waals surface area contributed by atoms with Crippen molar-refractivity contribution < 1.29 is 23.8 Å². The molecule has 1 aliphatic rings. The van der Waals surface area contributed by atoms with Crippen LogP contribution < -0.4 is 10.6 Å². The van der Waals surface area contributed by atoms with Gasteiger partial charge in [-0.25, -0.2) is 19.3 Å². The molecule has 1 amide bonds. The maximum Gasteiger partial charge on any atom is 0.230 e. The van der Waals surface area contributed by atoms with Crippen molar-refractivity contribution in [2.24, 2.45) is 5.41 Å². The molecule has 208 valence electrons. The molecule has 1 unspecified atom stereocenters. The molecule has 1 atom stereocenters. The van der Waals surface area contributed by atoms with E-state index >= 15 is 0 Å². The van der Waals surface area contributed by atoms with Crippen molar-refractivity contribution in [1.82, 2.24) is 25.3 Å². The average Bonchev–Trinajstić information content (AvgIpc) is 3.43. The zero-order chi connectivity index (χ0) is 28.1. The van der Waals surface area contributed by atoms with E-state index < -0.39 is 11.7 Å². The average molecular weight is 547 g/mol. The number of hydrogen-bond donors (Lipinski definition) is 4. The fourth-order valence-electron chi connectivity index (χ4n) is 4.37. The Bertz CT molecular complexity index is 1440. The Hall–Kier alpha value is -4.19. The molecule has 3 heterocycles. The minimum Gasteiger partial charge on any atom is -0.395 e. The molecule has 5 rings (SSSR count). The van der Waals surface area contributed by atoms with Crippen molar-refractivity contribution in [3.05, 3.63) is 84.1 Å². The van der Waals surface area contributed by atoms with Crippen LogP contribution in [0.1, 0.15) is 37.6 Å². The number of ether oxygens (including phenoxy) is 2. The summed E-state index contributed by atoms with van der Waals surface area (Å²) in [5.74, 6) is 0.197. The summed E-state index contributed by atoms with van der Waals surface area (Å²) in [4.78, 5) is 29.7. The number of nitrogens with one attached hydrogen (secondary N) is 3. The van der Waals surface area contributed by atoms with E-state index in [0.29, 0.717) is 34.4 Å². The second-order valence-corrected chi connectivity index (χ2v) is 9.89. The fourth-order valence-corrected chi connectivity index (χ4v) is 4.37. The Morgan fingerprint density at radius 1 is 1.12 bits per heavy atom. The molecule has 0 saturated carbocycles. The minimum absolute atomic E-state index is 0.0294. The first-order valence-corrected chi connectivity index (χ1v) is 13.0. The number of imidazole rings is 1. The Balaban J connectivity index is 1.42. The van der Waals surface area contributed by atoms with Gasteiger partial charge in [-0.1, -0.05) is 30.3 Å². The Morgan fingerprint density at radius 3 is 2.55 bits per heavy atom. The van der Waals surface area contributed by atoms with Gasteiger partial charge in [0, 0.05) is 18.3 Å². The van der Waals surface area contributed by atoms with E-state index in [2.05, 4.69) is 20.6 Å².